The highest BCUT2D eigenvalue weighted by molar-refractivity contribution is 5.27. The summed E-state index contributed by atoms with van der Waals surface area (Å²) in [5, 5.41) is 0. The number of hydrogen-bond acceptors (Lipinski definition) is 1. The number of rotatable bonds is 4. The summed E-state index contributed by atoms with van der Waals surface area (Å²) in [6.45, 7) is 1.78. The molecule has 0 heterocycles. The predicted octanol–water partition coefficient (Wildman–Crippen LogP) is 3.35. The van der Waals surface area contributed by atoms with Gasteiger partial charge in [-0.25, -0.2) is 4.39 Å². The number of alkyl halides is 3. The van der Waals surface area contributed by atoms with Gasteiger partial charge in [0.1, 0.15) is 5.82 Å². The van der Waals surface area contributed by atoms with Gasteiger partial charge in [-0.15, -0.1) is 0 Å². The summed E-state index contributed by atoms with van der Waals surface area (Å²) in [6, 6.07) is 3.64. The van der Waals surface area contributed by atoms with Crippen molar-refractivity contribution in [2.45, 2.75) is 38.4 Å². The molecule has 1 unspecified atom stereocenters. The molecule has 0 aliphatic carbocycles. The lowest BCUT2D eigenvalue weighted by Gasteiger charge is -2.14. The summed E-state index contributed by atoms with van der Waals surface area (Å²) in [7, 11) is 0. The second kappa shape index (κ2) is 5.49. The molecule has 1 nitrogen and oxygen atoms in total. The van der Waals surface area contributed by atoms with Crippen molar-refractivity contribution >= 4 is 0 Å². The summed E-state index contributed by atoms with van der Waals surface area (Å²) >= 11 is 0. The Morgan fingerprint density at radius 2 is 1.94 bits per heavy atom. The Kier molecular flexibility index (Phi) is 4.51. The quantitative estimate of drug-likeness (QED) is 0.814. The molecule has 1 rings (SSSR count). The van der Waals surface area contributed by atoms with Crippen LogP contribution in [0.1, 0.15) is 24.0 Å². The van der Waals surface area contributed by atoms with Gasteiger partial charge in [-0.2, -0.15) is 13.2 Å². The molecule has 0 spiro atoms. The van der Waals surface area contributed by atoms with Crippen molar-refractivity contribution in [1.29, 1.82) is 0 Å². The van der Waals surface area contributed by atoms with Crippen LogP contribution in [0.25, 0.3) is 0 Å². The maximum absolute atomic E-state index is 13.0. The van der Waals surface area contributed by atoms with Gasteiger partial charge in [0.15, 0.2) is 0 Å². The number of nitrogens with two attached hydrogens (primary N) is 1. The van der Waals surface area contributed by atoms with E-state index in [9.17, 15) is 17.6 Å². The molecule has 1 aromatic carbocycles. The SMILES string of the molecule is Cc1ccc(F)cc1CC(N)CCC(F)(F)F. The molecule has 0 aromatic heterocycles. The van der Waals surface area contributed by atoms with Crippen molar-refractivity contribution in [2.75, 3.05) is 0 Å². The Morgan fingerprint density at radius 3 is 2.53 bits per heavy atom. The van der Waals surface area contributed by atoms with Crippen molar-refractivity contribution in [3.8, 4) is 0 Å². The lowest BCUT2D eigenvalue weighted by molar-refractivity contribution is -0.136. The molecule has 0 saturated heterocycles. The zero-order valence-corrected chi connectivity index (χ0v) is 9.52. The van der Waals surface area contributed by atoms with E-state index in [-0.39, 0.29) is 12.8 Å². The molecule has 1 aromatic rings. The van der Waals surface area contributed by atoms with E-state index in [1.54, 1.807) is 13.0 Å². The summed E-state index contributed by atoms with van der Waals surface area (Å²) in [5.41, 5.74) is 7.12. The fourth-order valence-electron chi connectivity index (χ4n) is 1.59. The largest absolute Gasteiger partial charge is 0.389 e. The van der Waals surface area contributed by atoms with E-state index in [0.717, 1.165) is 5.56 Å². The summed E-state index contributed by atoms with van der Waals surface area (Å²) in [6.07, 6.45) is -4.96. The molecule has 5 heteroatoms. The predicted molar refractivity (Wildman–Crippen MR) is 58.1 cm³/mol. The Morgan fingerprint density at radius 1 is 1.29 bits per heavy atom. The Bertz CT molecular complexity index is 373. The van der Waals surface area contributed by atoms with Crippen molar-refractivity contribution < 1.29 is 17.6 Å². The van der Waals surface area contributed by atoms with Gasteiger partial charge in [-0.1, -0.05) is 6.07 Å². The Hall–Kier alpha value is -1.10. The van der Waals surface area contributed by atoms with Crippen molar-refractivity contribution in [3.63, 3.8) is 0 Å². The van der Waals surface area contributed by atoms with Gasteiger partial charge < -0.3 is 5.73 Å². The average molecular weight is 249 g/mol. The van der Waals surface area contributed by atoms with Crippen LogP contribution < -0.4 is 5.73 Å². The molecule has 0 amide bonds. The number of aryl methyl sites for hydroxylation is 1. The van der Waals surface area contributed by atoms with Crippen LogP contribution in [-0.4, -0.2) is 12.2 Å². The van der Waals surface area contributed by atoms with Crippen molar-refractivity contribution in [3.05, 3.63) is 35.1 Å². The molecule has 0 aliphatic rings. The maximum Gasteiger partial charge on any atom is 0.389 e. The third-order valence-corrected chi connectivity index (χ3v) is 2.59. The zero-order chi connectivity index (χ0) is 13.1. The molecule has 0 fully saturated rings. The van der Waals surface area contributed by atoms with Crippen LogP contribution >= 0.6 is 0 Å². The van der Waals surface area contributed by atoms with Gasteiger partial charge in [-0.3, -0.25) is 0 Å². The standard InChI is InChI=1S/C12H15F4N/c1-8-2-3-10(13)6-9(8)7-11(17)4-5-12(14,15)16/h2-3,6,11H,4-5,7,17H2,1H3. The summed E-state index contributed by atoms with van der Waals surface area (Å²) in [4.78, 5) is 0. The molecular weight excluding hydrogens is 234 g/mol. The molecule has 17 heavy (non-hydrogen) atoms. The van der Waals surface area contributed by atoms with Gasteiger partial charge in [0, 0.05) is 12.5 Å². The summed E-state index contributed by atoms with van der Waals surface area (Å²) < 4.78 is 48.9. The number of halogens is 4. The molecule has 96 valence electrons. The first-order valence-corrected chi connectivity index (χ1v) is 5.35. The zero-order valence-electron chi connectivity index (χ0n) is 9.52. The maximum atomic E-state index is 13.0. The Balaban J connectivity index is 2.56. The third-order valence-electron chi connectivity index (χ3n) is 2.59. The number of benzene rings is 1. The minimum atomic E-state index is -4.19. The first-order valence-electron chi connectivity index (χ1n) is 5.35. The van der Waals surface area contributed by atoms with E-state index in [0.29, 0.717) is 5.56 Å². The molecule has 1 atom stereocenters. The second-order valence-electron chi connectivity index (χ2n) is 4.19. The van der Waals surface area contributed by atoms with Crippen molar-refractivity contribution in [2.24, 2.45) is 5.73 Å². The van der Waals surface area contributed by atoms with Gasteiger partial charge in [0.2, 0.25) is 0 Å². The van der Waals surface area contributed by atoms with Gasteiger partial charge >= 0.3 is 6.18 Å². The highest BCUT2D eigenvalue weighted by Gasteiger charge is 2.27. The first kappa shape index (κ1) is 14.0. The highest BCUT2D eigenvalue weighted by atomic mass is 19.4. The molecule has 0 saturated carbocycles. The minimum absolute atomic E-state index is 0.139. The van der Waals surface area contributed by atoms with Crippen LogP contribution in [0.4, 0.5) is 17.6 Å². The van der Waals surface area contributed by atoms with E-state index in [1.807, 2.05) is 0 Å². The van der Waals surface area contributed by atoms with Gasteiger partial charge in [0.05, 0.1) is 0 Å². The van der Waals surface area contributed by atoms with E-state index < -0.39 is 24.5 Å². The average Bonchev–Trinajstić information content (AvgIpc) is 2.20. The van der Waals surface area contributed by atoms with Crippen LogP contribution in [0, 0.1) is 12.7 Å². The van der Waals surface area contributed by atoms with Crippen LogP contribution in [-0.2, 0) is 6.42 Å². The van der Waals surface area contributed by atoms with Gasteiger partial charge in [0.25, 0.3) is 0 Å². The fourth-order valence-corrected chi connectivity index (χ4v) is 1.59. The third kappa shape index (κ3) is 5.17. The topological polar surface area (TPSA) is 26.0 Å². The van der Waals surface area contributed by atoms with E-state index >= 15 is 0 Å². The minimum Gasteiger partial charge on any atom is -0.327 e. The van der Waals surface area contributed by atoms with E-state index in [2.05, 4.69) is 0 Å². The first-order chi connectivity index (χ1) is 7.78. The van der Waals surface area contributed by atoms with Crippen molar-refractivity contribution in [1.82, 2.24) is 0 Å². The van der Waals surface area contributed by atoms with Crippen LogP contribution in [0.3, 0.4) is 0 Å². The lowest BCUT2D eigenvalue weighted by Crippen LogP contribution is -2.25. The molecular formula is C12H15F4N. The summed E-state index contributed by atoms with van der Waals surface area (Å²) in [5.74, 6) is -0.395. The lowest BCUT2D eigenvalue weighted by atomic mass is 9.98. The van der Waals surface area contributed by atoms with E-state index in [4.69, 9.17) is 5.73 Å². The second-order valence-corrected chi connectivity index (χ2v) is 4.19. The van der Waals surface area contributed by atoms with Gasteiger partial charge in [-0.05, 0) is 43.0 Å². The fraction of sp³-hybridized carbons (Fsp3) is 0.500. The molecule has 0 aliphatic heterocycles. The van der Waals surface area contributed by atoms with Crippen LogP contribution in [0.5, 0.6) is 0 Å². The molecule has 0 bridgehead atoms. The molecule has 0 radical (unpaired) electrons. The molecule has 2 N–H and O–H groups in total. The van der Waals surface area contributed by atoms with Crippen LogP contribution in [0.15, 0.2) is 18.2 Å². The Labute approximate surface area is 97.6 Å². The van der Waals surface area contributed by atoms with Crippen LogP contribution in [0.2, 0.25) is 0 Å². The smallest absolute Gasteiger partial charge is 0.327 e. The number of hydrogen-bond donors (Lipinski definition) is 1. The normalized spacial score (nSPS) is 13.8. The monoisotopic (exact) mass is 249 g/mol. The highest BCUT2D eigenvalue weighted by Crippen LogP contribution is 2.23. The van der Waals surface area contributed by atoms with E-state index in [1.165, 1.54) is 12.1 Å².